The van der Waals surface area contributed by atoms with Gasteiger partial charge in [0.2, 0.25) is 0 Å². The van der Waals surface area contributed by atoms with Crippen molar-refractivity contribution in [2.24, 2.45) is 10.9 Å². The van der Waals surface area contributed by atoms with Crippen LogP contribution in [0.5, 0.6) is 0 Å². The van der Waals surface area contributed by atoms with Gasteiger partial charge in [-0.3, -0.25) is 14.4 Å². The molecule has 4 aromatic rings. The maximum atomic E-state index is 13.9. The van der Waals surface area contributed by atoms with E-state index in [0.717, 1.165) is 29.3 Å². The molecule has 0 aliphatic carbocycles. The first-order valence-corrected chi connectivity index (χ1v) is 12.8. The molecule has 5 nitrogen and oxygen atoms in total. The summed E-state index contributed by atoms with van der Waals surface area (Å²) >= 11 is 6.32. The lowest BCUT2D eigenvalue weighted by Crippen LogP contribution is -2.40. The fourth-order valence-electron chi connectivity index (χ4n) is 5.04. The second kappa shape index (κ2) is 9.90. The van der Waals surface area contributed by atoms with Crippen LogP contribution in [0.1, 0.15) is 49.3 Å². The lowest BCUT2D eigenvalue weighted by Gasteiger charge is -2.35. The summed E-state index contributed by atoms with van der Waals surface area (Å²) in [6.07, 6.45) is 0. The number of aromatic nitrogens is 2. The van der Waals surface area contributed by atoms with E-state index in [1.54, 1.807) is 18.2 Å². The van der Waals surface area contributed by atoms with Crippen molar-refractivity contribution >= 4 is 28.3 Å². The predicted octanol–water partition coefficient (Wildman–Crippen LogP) is 6.25. The zero-order valence-electron chi connectivity index (χ0n) is 21.1. The Labute approximate surface area is 217 Å². The number of aliphatic imine (C=N–C) groups is 1. The minimum absolute atomic E-state index is 0.0535. The zero-order chi connectivity index (χ0) is 25.4. The van der Waals surface area contributed by atoms with Gasteiger partial charge in [0.05, 0.1) is 29.5 Å². The fraction of sp³-hybridized carbons (Fsp3) is 0.300. The first-order chi connectivity index (χ1) is 17.3. The molecule has 1 aliphatic heterocycles. The number of hydrogen-bond acceptors (Lipinski definition) is 4. The minimum atomic E-state index is -0.144. The normalized spacial score (nSPS) is 16.6. The van der Waals surface area contributed by atoms with Gasteiger partial charge in [-0.15, -0.1) is 0 Å². The van der Waals surface area contributed by atoms with Gasteiger partial charge in [0.25, 0.3) is 5.56 Å². The summed E-state index contributed by atoms with van der Waals surface area (Å²) in [6.45, 7) is 9.80. The van der Waals surface area contributed by atoms with Gasteiger partial charge in [0.15, 0.2) is 0 Å². The van der Waals surface area contributed by atoms with Crippen LogP contribution in [0.4, 0.5) is 0 Å². The number of benzene rings is 3. The standard InChI is InChI=1S/C30H31ClN4O/c1-19(2)27(34-17-21(4)32-28(34)23-12-10-20(3)11-13-23)29-33-26-16-24(31)14-15-25(26)30(36)35(29)18-22-8-6-5-7-9-22/h5-16,19,21,27H,17-18H2,1-4H3. The molecule has 6 heteroatoms. The van der Waals surface area contributed by atoms with Gasteiger partial charge in [-0.1, -0.05) is 85.6 Å². The lowest BCUT2D eigenvalue weighted by molar-refractivity contribution is 0.242. The van der Waals surface area contributed by atoms with Crippen molar-refractivity contribution in [2.45, 2.75) is 46.3 Å². The number of rotatable bonds is 6. The van der Waals surface area contributed by atoms with Gasteiger partial charge < -0.3 is 4.90 Å². The summed E-state index contributed by atoms with van der Waals surface area (Å²) in [5.74, 6) is 1.87. The van der Waals surface area contributed by atoms with Crippen LogP contribution in [0.3, 0.4) is 0 Å². The highest BCUT2D eigenvalue weighted by Gasteiger charge is 2.35. The van der Waals surface area contributed by atoms with E-state index in [1.807, 2.05) is 34.9 Å². The van der Waals surface area contributed by atoms with Gasteiger partial charge in [-0.05, 0) is 43.5 Å². The molecule has 0 amide bonds. The molecular weight excluding hydrogens is 468 g/mol. The van der Waals surface area contributed by atoms with Crippen LogP contribution >= 0.6 is 11.6 Å². The summed E-state index contributed by atoms with van der Waals surface area (Å²) in [7, 11) is 0. The molecule has 0 bridgehead atoms. The van der Waals surface area contributed by atoms with Crippen molar-refractivity contribution in [3.05, 3.63) is 111 Å². The van der Waals surface area contributed by atoms with Crippen LogP contribution in [0, 0.1) is 12.8 Å². The van der Waals surface area contributed by atoms with Crippen molar-refractivity contribution < 1.29 is 0 Å². The molecule has 5 rings (SSSR count). The van der Waals surface area contributed by atoms with Crippen molar-refractivity contribution in [2.75, 3.05) is 6.54 Å². The number of aryl methyl sites for hydroxylation is 1. The first-order valence-electron chi connectivity index (χ1n) is 12.5. The van der Waals surface area contributed by atoms with Crippen molar-refractivity contribution in [3.63, 3.8) is 0 Å². The van der Waals surface area contributed by atoms with Crippen LogP contribution in [0.25, 0.3) is 10.9 Å². The Morgan fingerprint density at radius 1 is 1.03 bits per heavy atom. The van der Waals surface area contributed by atoms with Crippen LogP contribution in [0.15, 0.2) is 82.6 Å². The quantitative estimate of drug-likeness (QED) is 0.315. The maximum Gasteiger partial charge on any atom is 0.261 e. The molecule has 2 heterocycles. The third kappa shape index (κ3) is 4.68. The lowest BCUT2D eigenvalue weighted by atomic mass is 9.99. The molecule has 0 spiro atoms. The van der Waals surface area contributed by atoms with Crippen LogP contribution in [0.2, 0.25) is 5.02 Å². The average molecular weight is 499 g/mol. The molecule has 36 heavy (non-hydrogen) atoms. The number of amidine groups is 1. The first kappa shape index (κ1) is 24.3. The summed E-state index contributed by atoms with van der Waals surface area (Å²) in [4.78, 5) is 26.4. The highest BCUT2D eigenvalue weighted by Crippen LogP contribution is 2.33. The Balaban J connectivity index is 1.70. The van der Waals surface area contributed by atoms with E-state index in [0.29, 0.717) is 22.5 Å². The number of nitrogens with zero attached hydrogens (tertiary/aromatic N) is 4. The summed E-state index contributed by atoms with van der Waals surface area (Å²) in [5.41, 5.74) is 3.92. The van der Waals surface area contributed by atoms with Gasteiger partial charge in [0, 0.05) is 17.1 Å². The number of fused-ring (bicyclic) bond motifs is 1. The van der Waals surface area contributed by atoms with E-state index in [-0.39, 0.29) is 23.6 Å². The molecule has 0 radical (unpaired) electrons. The molecule has 1 aromatic heterocycles. The van der Waals surface area contributed by atoms with E-state index in [1.165, 1.54) is 5.56 Å². The third-order valence-corrected chi connectivity index (χ3v) is 6.98. The largest absolute Gasteiger partial charge is 0.344 e. The molecule has 0 saturated heterocycles. The molecule has 2 unspecified atom stereocenters. The molecule has 0 fully saturated rings. The molecular formula is C30H31ClN4O. The summed E-state index contributed by atoms with van der Waals surface area (Å²) < 4.78 is 1.84. The molecule has 0 N–H and O–H groups in total. The van der Waals surface area contributed by atoms with Crippen molar-refractivity contribution in [3.8, 4) is 0 Å². The third-order valence-electron chi connectivity index (χ3n) is 6.75. The summed E-state index contributed by atoms with van der Waals surface area (Å²) in [6, 6.07) is 23.9. The van der Waals surface area contributed by atoms with Crippen molar-refractivity contribution in [1.82, 2.24) is 14.5 Å². The Kier molecular flexibility index (Phi) is 6.67. The number of halogens is 1. The topological polar surface area (TPSA) is 50.5 Å². The fourth-order valence-corrected chi connectivity index (χ4v) is 5.20. The van der Waals surface area contributed by atoms with Crippen LogP contribution in [-0.2, 0) is 6.54 Å². The Hall–Kier alpha value is -3.44. The SMILES string of the molecule is Cc1ccc(C2=NC(C)CN2C(c2nc3cc(Cl)ccc3c(=O)n2Cc2ccccc2)C(C)C)cc1. The second-order valence-electron chi connectivity index (χ2n) is 10.0. The highest BCUT2D eigenvalue weighted by molar-refractivity contribution is 6.31. The predicted molar refractivity (Wildman–Crippen MR) is 148 cm³/mol. The molecule has 2 atom stereocenters. The monoisotopic (exact) mass is 498 g/mol. The van der Waals surface area contributed by atoms with Crippen LogP contribution < -0.4 is 5.56 Å². The molecule has 0 saturated carbocycles. The van der Waals surface area contributed by atoms with Crippen molar-refractivity contribution in [1.29, 1.82) is 0 Å². The number of hydrogen-bond donors (Lipinski definition) is 0. The summed E-state index contributed by atoms with van der Waals surface area (Å²) in [5, 5.41) is 1.14. The van der Waals surface area contributed by atoms with E-state index < -0.39 is 0 Å². The van der Waals surface area contributed by atoms with Gasteiger partial charge in [0.1, 0.15) is 11.7 Å². The van der Waals surface area contributed by atoms with Crippen LogP contribution in [-0.4, -0.2) is 32.9 Å². The van der Waals surface area contributed by atoms with Gasteiger partial charge >= 0.3 is 0 Å². The van der Waals surface area contributed by atoms with E-state index in [2.05, 4.69) is 56.9 Å². The minimum Gasteiger partial charge on any atom is -0.344 e. The second-order valence-corrected chi connectivity index (χ2v) is 10.5. The zero-order valence-corrected chi connectivity index (χ0v) is 21.9. The van der Waals surface area contributed by atoms with Gasteiger partial charge in [-0.25, -0.2) is 4.98 Å². The van der Waals surface area contributed by atoms with E-state index in [4.69, 9.17) is 21.6 Å². The molecule has 3 aromatic carbocycles. The van der Waals surface area contributed by atoms with E-state index >= 15 is 0 Å². The molecule has 1 aliphatic rings. The van der Waals surface area contributed by atoms with Gasteiger partial charge in [-0.2, -0.15) is 0 Å². The highest BCUT2D eigenvalue weighted by atomic mass is 35.5. The smallest absolute Gasteiger partial charge is 0.261 e. The Morgan fingerprint density at radius 2 is 1.75 bits per heavy atom. The Morgan fingerprint density at radius 3 is 2.44 bits per heavy atom. The average Bonchev–Trinajstić information content (AvgIpc) is 3.23. The Bertz CT molecular complexity index is 1480. The maximum absolute atomic E-state index is 13.9. The van der Waals surface area contributed by atoms with E-state index in [9.17, 15) is 4.79 Å². The molecule has 184 valence electrons.